The molecule has 4 rings (SSSR count). The highest BCUT2D eigenvalue weighted by Gasteiger charge is 2.30. The first-order chi connectivity index (χ1) is 15.5. The van der Waals surface area contributed by atoms with Crippen molar-refractivity contribution < 1.29 is 14.3 Å². The lowest BCUT2D eigenvalue weighted by Crippen LogP contribution is -2.34. The van der Waals surface area contributed by atoms with E-state index in [2.05, 4.69) is 10.2 Å². The number of carbonyl (C=O) groups excluding carboxylic acids is 2. The summed E-state index contributed by atoms with van der Waals surface area (Å²) in [6.45, 7) is 2.94. The van der Waals surface area contributed by atoms with Crippen LogP contribution in [-0.4, -0.2) is 29.3 Å². The van der Waals surface area contributed by atoms with Crippen LogP contribution in [0.3, 0.4) is 0 Å². The largest absolute Gasteiger partial charge is 0.455 e. The van der Waals surface area contributed by atoms with E-state index in [1.165, 1.54) is 0 Å². The molecule has 0 unspecified atom stereocenters. The molecule has 0 atom stereocenters. The molecule has 1 aliphatic rings. The Morgan fingerprint density at radius 3 is 2.34 bits per heavy atom. The fraction of sp³-hybridized carbons (Fsp3) is 0.231. The third kappa shape index (κ3) is 5.74. The molecule has 6 heteroatoms. The number of primary amides is 1. The summed E-state index contributed by atoms with van der Waals surface area (Å²) in [5.41, 5.74) is 8.63. The number of nitrogens with two attached hydrogens (primary N) is 1. The summed E-state index contributed by atoms with van der Waals surface area (Å²) >= 11 is 0. The highest BCUT2D eigenvalue weighted by Crippen LogP contribution is 2.31. The Morgan fingerprint density at radius 1 is 1.00 bits per heavy atom. The third-order valence-electron chi connectivity index (χ3n) is 5.44. The number of rotatable bonds is 9. The maximum absolute atomic E-state index is 12.9. The van der Waals surface area contributed by atoms with Gasteiger partial charge >= 0.3 is 0 Å². The summed E-state index contributed by atoms with van der Waals surface area (Å²) in [5.74, 6) is 0.785. The fourth-order valence-electron chi connectivity index (χ4n) is 3.53. The first-order valence-electron chi connectivity index (χ1n) is 10.7. The van der Waals surface area contributed by atoms with Crippen molar-refractivity contribution in [2.45, 2.75) is 32.4 Å². The Balaban J connectivity index is 1.40. The summed E-state index contributed by atoms with van der Waals surface area (Å²) < 4.78 is 5.99. The molecule has 1 fully saturated rings. The summed E-state index contributed by atoms with van der Waals surface area (Å²) in [7, 11) is 0. The molecular formula is C26H27N3O3. The Hall–Kier alpha value is -3.64. The number of para-hydroxylation sites is 2. The number of hydrogen-bond donors (Lipinski definition) is 2. The molecule has 3 aromatic rings. The maximum atomic E-state index is 12.9. The van der Waals surface area contributed by atoms with Crippen LogP contribution in [0.5, 0.6) is 11.5 Å². The van der Waals surface area contributed by atoms with Gasteiger partial charge in [-0.2, -0.15) is 0 Å². The van der Waals surface area contributed by atoms with E-state index in [9.17, 15) is 9.59 Å². The zero-order valence-electron chi connectivity index (χ0n) is 18.1. The van der Waals surface area contributed by atoms with Gasteiger partial charge in [-0.3, -0.25) is 14.5 Å². The molecular weight excluding hydrogens is 402 g/mol. The minimum absolute atomic E-state index is 0.0920. The van der Waals surface area contributed by atoms with Gasteiger partial charge in [0.1, 0.15) is 5.75 Å². The normalized spacial score (nSPS) is 13.1. The number of anilines is 1. The van der Waals surface area contributed by atoms with Gasteiger partial charge in [0.05, 0.1) is 12.2 Å². The zero-order chi connectivity index (χ0) is 22.5. The van der Waals surface area contributed by atoms with Crippen LogP contribution in [0, 0.1) is 6.92 Å². The van der Waals surface area contributed by atoms with Crippen molar-refractivity contribution in [2.75, 3.05) is 11.9 Å². The van der Waals surface area contributed by atoms with Gasteiger partial charge < -0.3 is 15.8 Å². The van der Waals surface area contributed by atoms with E-state index in [0.717, 1.165) is 29.7 Å². The number of amides is 2. The molecule has 0 saturated heterocycles. The molecule has 2 amide bonds. The molecule has 32 heavy (non-hydrogen) atoms. The molecule has 3 N–H and O–H groups in total. The van der Waals surface area contributed by atoms with Crippen molar-refractivity contribution in [3.8, 4) is 11.5 Å². The Morgan fingerprint density at radius 2 is 1.69 bits per heavy atom. The average molecular weight is 430 g/mol. The Labute approximate surface area is 188 Å². The van der Waals surface area contributed by atoms with Gasteiger partial charge in [-0.15, -0.1) is 0 Å². The molecule has 0 bridgehead atoms. The SMILES string of the molecule is Cc1ccc(Oc2ccccc2NC(=O)CN(Cc2ccc(C(N)=O)cc2)C2CC2)cc1. The van der Waals surface area contributed by atoms with Crippen LogP contribution in [-0.2, 0) is 11.3 Å². The van der Waals surface area contributed by atoms with Gasteiger partial charge in [-0.05, 0) is 61.7 Å². The minimum atomic E-state index is -0.443. The molecule has 3 aromatic carbocycles. The number of hydrogen-bond acceptors (Lipinski definition) is 4. The highest BCUT2D eigenvalue weighted by atomic mass is 16.5. The molecule has 1 saturated carbocycles. The summed E-state index contributed by atoms with van der Waals surface area (Å²) in [6, 6.07) is 22.8. The van der Waals surface area contributed by atoms with Crippen molar-refractivity contribution in [3.63, 3.8) is 0 Å². The monoisotopic (exact) mass is 429 g/mol. The smallest absolute Gasteiger partial charge is 0.248 e. The van der Waals surface area contributed by atoms with Crippen LogP contribution >= 0.6 is 0 Å². The van der Waals surface area contributed by atoms with Crippen molar-refractivity contribution in [1.29, 1.82) is 0 Å². The lowest BCUT2D eigenvalue weighted by Gasteiger charge is -2.22. The van der Waals surface area contributed by atoms with Gasteiger partial charge in [0.2, 0.25) is 11.8 Å². The third-order valence-corrected chi connectivity index (χ3v) is 5.44. The second-order valence-electron chi connectivity index (χ2n) is 8.16. The second-order valence-corrected chi connectivity index (χ2v) is 8.16. The number of nitrogens with one attached hydrogen (secondary N) is 1. The summed E-state index contributed by atoms with van der Waals surface area (Å²) in [4.78, 5) is 26.3. The molecule has 0 spiro atoms. The van der Waals surface area contributed by atoms with Gasteiger partial charge in [-0.25, -0.2) is 0 Å². The molecule has 0 heterocycles. The van der Waals surface area contributed by atoms with E-state index in [1.807, 2.05) is 67.6 Å². The van der Waals surface area contributed by atoms with Gasteiger partial charge in [-0.1, -0.05) is 42.0 Å². The lowest BCUT2D eigenvalue weighted by molar-refractivity contribution is -0.117. The molecule has 0 aromatic heterocycles. The number of carbonyl (C=O) groups is 2. The van der Waals surface area contributed by atoms with Crippen LogP contribution < -0.4 is 15.8 Å². The molecule has 6 nitrogen and oxygen atoms in total. The molecule has 0 radical (unpaired) electrons. The van der Waals surface area contributed by atoms with Crippen LogP contribution in [0.4, 0.5) is 5.69 Å². The predicted octanol–water partition coefficient (Wildman–Crippen LogP) is 4.49. The highest BCUT2D eigenvalue weighted by molar-refractivity contribution is 5.94. The van der Waals surface area contributed by atoms with Crippen LogP contribution in [0.15, 0.2) is 72.8 Å². The Bertz CT molecular complexity index is 1090. The Kier molecular flexibility index (Phi) is 6.52. The molecule has 164 valence electrons. The standard InChI is InChI=1S/C26H27N3O3/c1-18-6-14-22(15-7-18)32-24-5-3-2-4-23(24)28-25(30)17-29(21-12-13-21)16-19-8-10-20(11-9-19)26(27)31/h2-11,14-15,21H,12-13,16-17H2,1H3,(H2,27,31)(H,28,30). The number of benzene rings is 3. The van der Waals surface area contributed by atoms with Gasteiger partial charge in [0.25, 0.3) is 0 Å². The average Bonchev–Trinajstić information content (AvgIpc) is 3.62. The van der Waals surface area contributed by atoms with E-state index in [-0.39, 0.29) is 12.5 Å². The van der Waals surface area contributed by atoms with Crippen LogP contribution in [0.1, 0.15) is 34.3 Å². The van der Waals surface area contributed by atoms with Crippen molar-refractivity contribution in [1.82, 2.24) is 4.90 Å². The van der Waals surface area contributed by atoms with E-state index < -0.39 is 5.91 Å². The number of aryl methyl sites for hydroxylation is 1. The second kappa shape index (κ2) is 9.66. The minimum Gasteiger partial charge on any atom is -0.455 e. The topological polar surface area (TPSA) is 84.7 Å². The first kappa shape index (κ1) is 21.6. The number of ether oxygens (including phenoxy) is 1. The van der Waals surface area contributed by atoms with Crippen LogP contribution in [0.2, 0.25) is 0 Å². The van der Waals surface area contributed by atoms with Crippen LogP contribution in [0.25, 0.3) is 0 Å². The van der Waals surface area contributed by atoms with Gasteiger partial charge in [0.15, 0.2) is 5.75 Å². The van der Waals surface area contributed by atoms with E-state index in [0.29, 0.717) is 29.6 Å². The van der Waals surface area contributed by atoms with E-state index >= 15 is 0 Å². The quantitative estimate of drug-likeness (QED) is 0.525. The predicted molar refractivity (Wildman–Crippen MR) is 125 cm³/mol. The fourth-order valence-corrected chi connectivity index (χ4v) is 3.53. The zero-order valence-corrected chi connectivity index (χ0v) is 18.1. The maximum Gasteiger partial charge on any atom is 0.248 e. The van der Waals surface area contributed by atoms with Gasteiger partial charge in [0, 0.05) is 18.2 Å². The van der Waals surface area contributed by atoms with E-state index in [4.69, 9.17) is 10.5 Å². The lowest BCUT2D eigenvalue weighted by atomic mass is 10.1. The molecule has 1 aliphatic carbocycles. The van der Waals surface area contributed by atoms with Crippen molar-refractivity contribution >= 4 is 17.5 Å². The molecule has 0 aliphatic heterocycles. The van der Waals surface area contributed by atoms with Crippen molar-refractivity contribution in [2.24, 2.45) is 5.73 Å². The number of nitrogens with zero attached hydrogens (tertiary/aromatic N) is 1. The summed E-state index contributed by atoms with van der Waals surface area (Å²) in [5, 5.41) is 3.00. The van der Waals surface area contributed by atoms with Crippen molar-refractivity contribution in [3.05, 3.63) is 89.5 Å². The van der Waals surface area contributed by atoms with E-state index in [1.54, 1.807) is 12.1 Å². The first-order valence-corrected chi connectivity index (χ1v) is 10.7. The summed E-state index contributed by atoms with van der Waals surface area (Å²) in [6.07, 6.45) is 2.17.